The van der Waals surface area contributed by atoms with Gasteiger partial charge in [-0.3, -0.25) is 9.89 Å². The number of carbonyl (C=O) groups is 1. The van der Waals surface area contributed by atoms with E-state index in [4.69, 9.17) is 0 Å². The molecule has 1 amide bonds. The average molecular weight is 302 g/mol. The fourth-order valence-electron chi connectivity index (χ4n) is 1.52. The van der Waals surface area contributed by atoms with Gasteiger partial charge in [-0.05, 0) is 19.1 Å². The van der Waals surface area contributed by atoms with Crippen LogP contribution in [0.2, 0.25) is 0 Å². The van der Waals surface area contributed by atoms with Gasteiger partial charge in [-0.25, -0.2) is 13.8 Å². The van der Waals surface area contributed by atoms with Gasteiger partial charge < -0.3 is 5.32 Å². The number of nitrogens with zero attached hydrogens (tertiary/aromatic N) is 2. The van der Waals surface area contributed by atoms with Gasteiger partial charge in [-0.1, -0.05) is 12.1 Å². The molecule has 0 aliphatic heterocycles. The first-order valence-electron chi connectivity index (χ1n) is 5.77. The van der Waals surface area contributed by atoms with Crippen LogP contribution in [0.3, 0.4) is 0 Å². The van der Waals surface area contributed by atoms with E-state index in [0.717, 1.165) is 0 Å². The molecular formula is C12H10F4N4O. The maximum atomic E-state index is 12.9. The van der Waals surface area contributed by atoms with Crippen molar-refractivity contribution in [2.24, 2.45) is 0 Å². The minimum atomic E-state index is -4.75. The monoisotopic (exact) mass is 302 g/mol. The van der Waals surface area contributed by atoms with Crippen molar-refractivity contribution in [2.75, 3.05) is 5.32 Å². The number of alkyl halides is 4. The summed E-state index contributed by atoms with van der Waals surface area (Å²) < 4.78 is 49.9. The van der Waals surface area contributed by atoms with Crippen LogP contribution in [0.5, 0.6) is 0 Å². The number of aromatic nitrogens is 3. The molecule has 0 spiro atoms. The molecule has 0 unspecified atom stereocenters. The number of hydrogen-bond donors (Lipinski definition) is 2. The normalized spacial score (nSPS) is 11.7. The van der Waals surface area contributed by atoms with Crippen molar-refractivity contribution in [3.8, 4) is 11.4 Å². The number of nitrogens with one attached hydrogen (secondary N) is 2. The Morgan fingerprint density at radius 2 is 2.10 bits per heavy atom. The highest BCUT2D eigenvalue weighted by atomic mass is 19.3. The Balaban J connectivity index is 2.21. The number of carbonyl (C=O) groups excluding carboxylic acids is 1. The first-order chi connectivity index (χ1) is 9.80. The van der Waals surface area contributed by atoms with Gasteiger partial charge in [0.25, 0.3) is 0 Å². The van der Waals surface area contributed by atoms with E-state index in [1.807, 2.05) is 0 Å². The highest BCUT2D eigenvalue weighted by molar-refractivity contribution is 5.96. The van der Waals surface area contributed by atoms with Gasteiger partial charge in [0.15, 0.2) is 5.82 Å². The zero-order valence-corrected chi connectivity index (χ0v) is 10.7. The van der Waals surface area contributed by atoms with E-state index in [0.29, 0.717) is 17.2 Å². The largest absolute Gasteiger partial charge is 0.383 e. The lowest BCUT2D eigenvalue weighted by atomic mass is 10.2. The summed E-state index contributed by atoms with van der Waals surface area (Å²) in [4.78, 5) is 15.2. The fourth-order valence-corrected chi connectivity index (χ4v) is 1.52. The van der Waals surface area contributed by atoms with Gasteiger partial charge in [0, 0.05) is 11.3 Å². The van der Waals surface area contributed by atoms with Gasteiger partial charge in [0.05, 0.1) is 0 Å². The van der Waals surface area contributed by atoms with Crippen molar-refractivity contribution in [1.29, 1.82) is 0 Å². The number of aryl methyl sites for hydroxylation is 1. The Morgan fingerprint density at radius 3 is 2.67 bits per heavy atom. The number of halogens is 4. The molecule has 0 bridgehead atoms. The van der Waals surface area contributed by atoms with Crippen LogP contribution in [-0.2, 0) is 4.79 Å². The van der Waals surface area contributed by atoms with Gasteiger partial charge in [0.2, 0.25) is 0 Å². The Morgan fingerprint density at radius 1 is 1.38 bits per heavy atom. The summed E-state index contributed by atoms with van der Waals surface area (Å²) in [5, 5.41) is 8.21. The highest BCUT2D eigenvalue weighted by Gasteiger charge is 2.48. The average Bonchev–Trinajstić information content (AvgIpc) is 2.85. The predicted octanol–water partition coefficient (Wildman–Crippen LogP) is 2.62. The van der Waals surface area contributed by atoms with Gasteiger partial charge in [0.1, 0.15) is 5.82 Å². The van der Waals surface area contributed by atoms with Crippen LogP contribution in [0, 0.1) is 6.92 Å². The van der Waals surface area contributed by atoms with Crippen molar-refractivity contribution in [3.05, 3.63) is 30.1 Å². The first kappa shape index (κ1) is 14.9. The number of H-pyrrole nitrogens is 1. The number of anilines is 1. The van der Waals surface area contributed by atoms with E-state index in [9.17, 15) is 22.4 Å². The molecular weight excluding hydrogens is 292 g/mol. The summed E-state index contributed by atoms with van der Waals surface area (Å²) in [7, 11) is 0. The fraction of sp³-hybridized carbons (Fsp3) is 0.250. The summed E-state index contributed by atoms with van der Waals surface area (Å²) in [6, 6.07) is 5.64. The van der Waals surface area contributed by atoms with Crippen LogP contribution >= 0.6 is 0 Å². The lowest BCUT2D eigenvalue weighted by molar-refractivity contribution is -0.163. The number of benzene rings is 1. The molecule has 0 aliphatic rings. The number of rotatable bonds is 4. The molecule has 9 heteroatoms. The van der Waals surface area contributed by atoms with Crippen LogP contribution in [-0.4, -0.2) is 33.4 Å². The zero-order valence-electron chi connectivity index (χ0n) is 10.7. The quantitative estimate of drug-likeness (QED) is 0.853. The van der Waals surface area contributed by atoms with Crippen molar-refractivity contribution >= 4 is 11.6 Å². The minimum absolute atomic E-state index is 0.0553. The smallest absolute Gasteiger partial charge is 0.321 e. The van der Waals surface area contributed by atoms with Crippen molar-refractivity contribution in [2.45, 2.75) is 19.3 Å². The molecule has 0 atom stereocenters. The van der Waals surface area contributed by atoms with Crippen LogP contribution in [0.15, 0.2) is 24.3 Å². The van der Waals surface area contributed by atoms with E-state index >= 15 is 0 Å². The number of aromatic amines is 1. The van der Waals surface area contributed by atoms with Crippen LogP contribution < -0.4 is 5.32 Å². The summed E-state index contributed by atoms with van der Waals surface area (Å²) >= 11 is 0. The SMILES string of the molecule is Cc1nc(-c2cccc(NC(=O)C(F)(F)C(F)F)c2)n[nH]1. The van der Waals surface area contributed by atoms with Crippen LogP contribution in [0.4, 0.5) is 23.2 Å². The zero-order chi connectivity index (χ0) is 15.6. The second kappa shape index (κ2) is 5.51. The lowest BCUT2D eigenvalue weighted by Crippen LogP contribution is -2.40. The molecule has 0 radical (unpaired) electrons. The first-order valence-corrected chi connectivity index (χ1v) is 5.77. The Bertz CT molecular complexity index is 656. The Hall–Kier alpha value is -2.45. The summed E-state index contributed by atoms with van der Waals surface area (Å²) in [5.41, 5.74) is 0.387. The van der Waals surface area contributed by atoms with Crippen LogP contribution in [0.1, 0.15) is 5.82 Å². The number of amides is 1. The third-order valence-electron chi connectivity index (χ3n) is 2.55. The van der Waals surface area contributed by atoms with Crippen molar-refractivity contribution in [3.63, 3.8) is 0 Å². The molecule has 5 nitrogen and oxygen atoms in total. The van der Waals surface area contributed by atoms with E-state index in [1.54, 1.807) is 18.3 Å². The maximum absolute atomic E-state index is 12.9. The molecule has 0 fully saturated rings. The number of hydrogen-bond acceptors (Lipinski definition) is 3. The third kappa shape index (κ3) is 3.18. The molecule has 2 N–H and O–H groups in total. The predicted molar refractivity (Wildman–Crippen MR) is 66.1 cm³/mol. The van der Waals surface area contributed by atoms with Crippen LogP contribution in [0.25, 0.3) is 11.4 Å². The molecule has 2 rings (SSSR count). The summed E-state index contributed by atoms with van der Waals surface area (Å²) in [6.45, 7) is 1.67. The minimum Gasteiger partial charge on any atom is -0.321 e. The summed E-state index contributed by atoms with van der Waals surface area (Å²) in [6.07, 6.45) is -4.07. The summed E-state index contributed by atoms with van der Waals surface area (Å²) in [5.74, 6) is -5.98. The van der Waals surface area contributed by atoms with E-state index < -0.39 is 18.3 Å². The van der Waals surface area contributed by atoms with E-state index in [-0.39, 0.29) is 5.69 Å². The lowest BCUT2D eigenvalue weighted by Gasteiger charge is -2.15. The van der Waals surface area contributed by atoms with Gasteiger partial charge >= 0.3 is 18.3 Å². The second-order valence-electron chi connectivity index (χ2n) is 4.20. The molecule has 1 aromatic carbocycles. The Labute approximate surface area is 116 Å². The van der Waals surface area contributed by atoms with Gasteiger partial charge in [-0.2, -0.15) is 13.9 Å². The molecule has 1 heterocycles. The molecule has 0 saturated heterocycles. The molecule has 2 aromatic rings. The standard InChI is InChI=1S/C12H10F4N4O/c1-6-17-9(20-19-6)7-3-2-4-8(5-7)18-11(21)12(15,16)10(13)14/h2-5,10H,1H3,(H,18,21)(H,17,19,20). The third-order valence-corrected chi connectivity index (χ3v) is 2.55. The second-order valence-corrected chi connectivity index (χ2v) is 4.20. The molecule has 21 heavy (non-hydrogen) atoms. The molecule has 0 saturated carbocycles. The van der Waals surface area contributed by atoms with Crippen molar-refractivity contribution in [1.82, 2.24) is 15.2 Å². The molecule has 1 aromatic heterocycles. The topological polar surface area (TPSA) is 70.7 Å². The Kier molecular flexibility index (Phi) is 3.92. The highest BCUT2D eigenvalue weighted by Crippen LogP contribution is 2.26. The molecule has 112 valence electrons. The van der Waals surface area contributed by atoms with Gasteiger partial charge in [-0.15, -0.1) is 0 Å². The maximum Gasteiger partial charge on any atom is 0.383 e. The molecule has 0 aliphatic carbocycles. The van der Waals surface area contributed by atoms with E-state index in [1.165, 1.54) is 18.2 Å². The van der Waals surface area contributed by atoms with Crippen molar-refractivity contribution < 1.29 is 22.4 Å². The van der Waals surface area contributed by atoms with E-state index in [2.05, 4.69) is 15.2 Å².